The lowest BCUT2D eigenvalue weighted by atomic mass is 10.2. The van der Waals surface area contributed by atoms with Gasteiger partial charge in [-0.15, -0.1) is 0 Å². The number of hydrogen-bond donors (Lipinski definition) is 2. The van der Waals surface area contributed by atoms with Crippen LogP contribution in [0.3, 0.4) is 0 Å². The lowest BCUT2D eigenvalue weighted by molar-refractivity contribution is 0.0697. The van der Waals surface area contributed by atoms with Gasteiger partial charge in [0.05, 0.1) is 22.9 Å². The molecule has 0 amide bonds. The van der Waals surface area contributed by atoms with Gasteiger partial charge in [0.15, 0.2) is 0 Å². The summed E-state index contributed by atoms with van der Waals surface area (Å²) < 4.78 is 4.98. The first kappa shape index (κ1) is 12.8. The zero-order valence-electron chi connectivity index (χ0n) is 9.16. The Morgan fingerprint density at radius 3 is 2.81 bits per heavy atom. The van der Waals surface area contributed by atoms with Crippen LogP contribution in [0.15, 0.2) is 18.2 Å². The van der Waals surface area contributed by atoms with E-state index in [4.69, 9.17) is 21.4 Å². The summed E-state index contributed by atoms with van der Waals surface area (Å²) in [5, 5.41) is 12.3. The van der Waals surface area contributed by atoms with Crippen molar-refractivity contribution in [1.82, 2.24) is 0 Å². The zero-order valence-corrected chi connectivity index (χ0v) is 9.91. The van der Waals surface area contributed by atoms with Crippen molar-refractivity contribution >= 4 is 23.3 Å². The molecule has 0 spiro atoms. The molecule has 16 heavy (non-hydrogen) atoms. The molecule has 1 unspecified atom stereocenters. The van der Waals surface area contributed by atoms with Crippen molar-refractivity contribution < 1.29 is 14.6 Å². The highest BCUT2D eigenvalue weighted by Gasteiger charge is 2.08. The fraction of sp³-hybridized carbons (Fsp3) is 0.364. The van der Waals surface area contributed by atoms with Gasteiger partial charge in [0.1, 0.15) is 0 Å². The Morgan fingerprint density at radius 2 is 2.31 bits per heavy atom. The number of carbonyl (C=O) groups is 1. The summed E-state index contributed by atoms with van der Waals surface area (Å²) in [7, 11) is 1.62. The molecule has 1 rings (SSSR count). The van der Waals surface area contributed by atoms with Gasteiger partial charge in [-0.25, -0.2) is 4.79 Å². The smallest absolute Gasteiger partial charge is 0.335 e. The van der Waals surface area contributed by atoms with E-state index in [1.807, 2.05) is 6.92 Å². The van der Waals surface area contributed by atoms with Crippen molar-refractivity contribution in [1.29, 1.82) is 0 Å². The van der Waals surface area contributed by atoms with Crippen LogP contribution >= 0.6 is 11.6 Å². The maximum atomic E-state index is 10.7. The van der Waals surface area contributed by atoms with Gasteiger partial charge >= 0.3 is 5.97 Å². The quantitative estimate of drug-likeness (QED) is 0.834. The number of carboxylic acid groups (broad SMARTS) is 1. The summed E-state index contributed by atoms with van der Waals surface area (Å²) in [5.74, 6) is -0.988. The Hall–Kier alpha value is -1.26. The third-order valence-electron chi connectivity index (χ3n) is 2.03. The number of hydrogen-bond acceptors (Lipinski definition) is 3. The first-order chi connectivity index (χ1) is 7.54. The van der Waals surface area contributed by atoms with E-state index in [2.05, 4.69) is 5.32 Å². The zero-order chi connectivity index (χ0) is 12.1. The number of anilines is 1. The SMILES string of the molecule is COCC(C)Nc1ccc(C(=O)O)cc1Cl. The predicted molar refractivity (Wildman–Crippen MR) is 63.4 cm³/mol. The molecule has 0 saturated heterocycles. The predicted octanol–water partition coefficient (Wildman–Crippen LogP) is 2.49. The molecule has 0 fully saturated rings. The Balaban J connectivity index is 2.79. The fourth-order valence-electron chi connectivity index (χ4n) is 1.32. The maximum Gasteiger partial charge on any atom is 0.335 e. The minimum Gasteiger partial charge on any atom is -0.478 e. The standard InChI is InChI=1S/C11H14ClNO3/c1-7(6-16-2)13-10-4-3-8(11(14)15)5-9(10)12/h3-5,7,13H,6H2,1-2H3,(H,14,15). The molecule has 0 aromatic heterocycles. The van der Waals surface area contributed by atoms with E-state index in [0.29, 0.717) is 17.3 Å². The number of rotatable bonds is 5. The number of carboxylic acids is 1. The van der Waals surface area contributed by atoms with E-state index in [0.717, 1.165) is 0 Å². The number of benzene rings is 1. The molecule has 0 aliphatic heterocycles. The minimum absolute atomic E-state index is 0.109. The normalized spacial score (nSPS) is 12.2. The summed E-state index contributed by atoms with van der Waals surface area (Å²) in [5.41, 5.74) is 0.881. The molecule has 5 heteroatoms. The molecule has 0 bridgehead atoms. The minimum atomic E-state index is -0.988. The number of methoxy groups -OCH3 is 1. The Bertz CT molecular complexity index is 381. The molecule has 0 aliphatic rings. The van der Waals surface area contributed by atoms with Crippen LogP contribution in [0.5, 0.6) is 0 Å². The van der Waals surface area contributed by atoms with Gasteiger partial charge in [0.2, 0.25) is 0 Å². The number of ether oxygens (including phenoxy) is 1. The highest BCUT2D eigenvalue weighted by atomic mass is 35.5. The van der Waals surface area contributed by atoms with Crippen molar-refractivity contribution in [3.05, 3.63) is 28.8 Å². The van der Waals surface area contributed by atoms with Crippen LogP contribution in [0, 0.1) is 0 Å². The molecule has 1 aromatic rings. The van der Waals surface area contributed by atoms with Gasteiger partial charge in [-0.05, 0) is 25.1 Å². The van der Waals surface area contributed by atoms with Crippen LogP contribution in [0.4, 0.5) is 5.69 Å². The third kappa shape index (κ3) is 3.40. The Labute approximate surface area is 99.2 Å². The topological polar surface area (TPSA) is 58.6 Å². The summed E-state index contributed by atoms with van der Waals surface area (Å²) in [6.07, 6.45) is 0. The molecular formula is C11H14ClNO3. The fourth-order valence-corrected chi connectivity index (χ4v) is 1.56. The molecular weight excluding hydrogens is 230 g/mol. The average molecular weight is 244 g/mol. The lowest BCUT2D eigenvalue weighted by Gasteiger charge is -2.15. The number of nitrogens with one attached hydrogen (secondary N) is 1. The molecule has 1 aromatic carbocycles. The van der Waals surface area contributed by atoms with Crippen molar-refractivity contribution in [3.8, 4) is 0 Å². The van der Waals surface area contributed by atoms with Crippen LogP contribution in [0.1, 0.15) is 17.3 Å². The highest BCUT2D eigenvalue weighted by Crippen LogP contribution is 2.23. The maximum absolute atomic E-state index is 10.7. The first-order valence-corrected chi connectivity index (χ1v) is 5.20. The molecule has 0 aliphatic carbocycles. The van der Waals surface area contributed by atoms with Gasteiger partial charge in [0.25, 0.3) is 0 Å². The van der Waals surface area contributed by atoms with E-state index in [-0.39, 0.29) is 11.6 Å². The van der Waals surface area contributed by atoms with Gasteiger partial charge in [-0.2, -0.15) is 0 Å². The van der Waals surface area contributed by atoms with Crippen molar-refractivity contribution in [3.63, 3.8) is 0 Å². The van der Waals surface area contributed by atoms with Crippen LogP contribution in [-0.2, 0) is 4.74 Å². The van der Waals surface area contributed by atoms with E-state index >= 15 is 0 Å². The molecule has 88 valence electrons. The molecule has 0 radical (unpaired) electrons. The van der Waals surface area contributed by atoms with Gasteiger partial charge in [0, 0.05) is 13.2 Å². The van der Waals surface area contributed by atoms with E-state index in [1.165, 1.54) is 12.1 Å². The van der Waals surface area contributed by atoms with Crippen LogP contribution in [-0.4, -0.2) is 30.8 Å². The lowest BCUT2D eigenvalue weighted by Crippen LogP contribution is -2.21. The van der Waals surface area contributed by atoms with Gasteiger partial charge in [-0.3, -0.25) is 0 Å². The number of aromatic carboxylic acids is 1. The average Bonchev–Trinajstić information content (AvgIpc) is 2.21. The third-order valence-corrected chi connectivity index (χ3v) is 2.35. The summed E-state index contributed by atoms with van der Waals surface area (Å²) in [4.78, 5) is 10.7. The van der Waals surface area contributed by atoms with Gasteiger partial charge < -0.3 is 15.2 Å². The van der Waals surface area contributed by atoms with Crippen molar-refractivity contribution in [2.75, 3.05) is 19.0 Å². The second-order valence-corrected chi connectivity index (χ2v) is 3.91. The Morgan fingerprint density at radius 1 is 1.62 bits per heavy atom. The van der Waals surface area contributed by atoms with Crippen LogP contribution in [0.2, 0.25) is 5.02 Å². The highest BCUT2D eigenvalue weighted by molar-refractivity contribution is 6.33. The molecule has 4 nitrogen and oxygen atoms in total. The molecule has 1 atom stereocenters. The van der Waals surface area contributed by atoms with Crippen molar-refractivity contribution in [2.24, 2.45) is 0 Å². The molecule has 2 N–H and O–H groups in total. The largest absolute Gasteiger partial charge is 0.478 e. The second kappa shape index (κ2) is 5.72. The first-order valence-electron chi connectivity index (χ1n) is 4.83. The number of halogens is 1. The second-order valence-electron chi connectivity index (χ2n) is 3.50. The van der Waals surface area contributed by atoms with E-state index < -0.39 is 5.97 Å². The summed E-state index contributed by atoms with van der Waals surface area (Å²) in [6.45, 7) is 2.50. The van der Waals surface area contributed by atoms with E-state index in [9.17, 15) is 4.79 Å². The summed E-state index contributed by atoms with van der Waals surface area (Å²) in [6, 6.07) is 4.69. The van der Waals surface area contributed by atoms with E-state index in [1.54, 1.807) is 13.2 Å². The van der Waals surface area contributed by atoms with Gasteiger partial charge in [-0.1, -0.05) is 11.6 Å². The monoisotopic (exact) mass is 243 g/mol. The molecule has 0 heterocycles. The van der Waals surface area contributed by atoms with Crippen LogP contribution < -0.4 is 5.32 Å². The van der Waals surface area contributed by atoms with Crippen molar-refractivity contribution in [2.45, 2.75) is 13.0 Å². The Kier molecular flexibility index (Phi) is 4.58. The van der Waals surface area contributed by atoms with Crippen LogP contribution in [0.25, 0.3) is 0 Å². The molecule has 0 saturated carbocycles. The summed E-state index contributed by atoms with van der Waals surface area (Å²) >= 11 is 5.95.